The lowest BCUT2D eigenvalue weighted by Gasteiger charge is -2.34. The summed E-state index contributed by atoms with van der Waals surface area (Å²) in [4.78, 5) is 13.7. The van der Waals surface area contributed by atoms with Crippen LogP contribution in [0.1, 0.15) is 35.7 Å². The minimum Gasteiger partial charge on any atom is -0.478 e. The first-order chi connectivity index (χ1) is 11.4. The molecular weight excluding hydrogens is 328 g/mol. The molecule has 7 heteroatoms. The minimum absolute atomic E-state index is 0.0122. The van der Waals surface area contributed by atoms with Crippen LogP contribution in [0.25, 0.3) is 0 Å². The zero-order chi connectivity index (χ0) is 17.3. The summed E-state index contributed by atoms with van der Waals surface area (Å²) in [7, 11) is -3.65. The predicted molar refractivity (Wildman–Crippen MR) is 90.7 cm³/mol. The van der Waals surface area contributed by atoms with E-state index < -0.39 is 16.0 Å². The number of nitrogens with zero attached hydrogens (tertiary/aromatic N) is 2. The summed E-state index contributed by atoms with van der Waals surface area (Å²) in [5.41, 5.74) is 0.679. The topological polar surface area (TPSA) is 77.9 Å². The second-order valence-electron chi connectivity index (χ2n) is 6.63. The Labute approximate surface area is 143 Å². The number of carboxylic acid groups (broad SMARTS) is 1. The molecule has 2 fully saturated rings. The van der Waals surface area contributed by atoms with Gasteiger partial charge in [-0.05, 0) is 42.9 Å². The Kier molecular flexibility index (Phi) is 4.94. The Bertz CT molecular complexity index is 720. The van der Waals surface area contributed by atoms with Crippen LogP contribution in [0.5, 0.6) is 0 Å². The summed E-state index contributed by atoms with van der Waals surface area (Å²) in [5, 5.41) is 9.16. The molecule has 24 heavy (non-hydrogen) atoms. The highest BCUT2D eigenvalue weighted by Crippen LogP contribution is 2.30. The number of piperazine rings is 1. The van der Waals surface area contributed by atoms with E-state index in [0.717, 1.165) is 25.6 Å². The van der Waals surface area contributed by atoms with Gasteiger partial charge in [0.25, 0.3) is 0 Å². The van der Waals surface area contributed by atoms with E-state index in [0.29, 0.717) is 25.1 Å². The van der Waals surface area contributed by atoms with Gasteiger partial charge in [-0.15, -0.1) is 0 Å². The molecule has 1 aromatic carbocycles. The molecule has 1 aromatic rings. The summed E-state index contributed by atoms with van der Waals surface area (Å²) in [6.45, 7) is 5.38. The normalized spacial score (nSPS) is 20.2. The van der Waals surface area contributed by atoms with E-state index in [-0.39, 0.29) is 10.5 Å². The molecule has 0 aromatic heterocycles. The maximum absolute atomic E-state index is 13.0. The van der Waals surface area contributed by atoms with Crippen molar-refractivity contribution in [3.63, 3.8) is 0 Å². The van der Waals surface area contributed by atoms with E-state index in [4.69, 9.17) is 5.11 Å². The van der Waals surface area contributed by atoms with Crippen molar-refractivity contribution in [1.29, 1.82) is 0 Å². The van der Waals surface area contributed by atoms with Gasteiger partial charge in [0.2, 0.25) is 10.0 Å². The molecule has 1 N–H and O–H groups in total. The van der Waals surface area contributed by atoms with E-state index in [1.54, 1.807) is 6.07 Å². The largest absolute Gasteiger partial charge is 0.478 e. The number of aryl methyl sites for hydroxylation is 1. The number of rotatable bonds is 6. The fourth-order valence-electron chi connectivity index (χ4n) is 3.18. The second kappa shape index (κ2) is 6.82. The van der Waals surface area contributed by atoms with Gasteiger partial charge in [0.05, 0.1) is 10.5 Å². The summed E-state index contributed by atoms with van der Waals surface area (Å²) in [6.07, 6.45) is 3.14. The first kappa shape index (κ1) is 17.4. The van der Waals surface area contributed by atoms with Crippen molar-refractivity contribution in [3.8, 4) is 0 Å². The van der Waals surface area contributed by atoms with Gasteiger partial charge in [-0.2, -0.15) is 4.31 Å². The van der Waals surface area contributed by atoms with Gasteiger partial charge in [0.1, 0.15) is 0 Å². The van der Waals surface area contributed by atoms with Gasteiger partial charge in [-0.25, -0.2) is 13.2 Å². The first-order valence-electron chi connectivity index (χ1n) is 8.50. The molecule has 0 atom stereocenters. The maximum atomic E-state index is 13.0. The van der Waals surface area contributed by atoms with Crippen LogP contribution in [0.3, 0.4) is 0 Å². The van der Waals surface area contributed by atoms with Crippen LogP contribution in [0.15, 0.2) is 23.1 Å². The van der Waals surface area contributed by atoms with Gasteiger partial charge in [-0.3, -0.25) is 0 Å². The van der Waals surface area contributed by atoms with Crippen molar-refractivity contribution >= 4 is 16.0 Å². The molecule has 6 nitrogen and oxygen atoms in total. The van der Waals surface area contributed by atoms with Crippen LogP contribution in [0, 0.1) is 5.92 Å². The molecular formula is C17H24N2O4S. The van der Waals surface area contributed by atoms with Crippen molar-refractivity contribution in [2.45, 2.75) is 31.1 Å². The Morgan fingerprint density at radius 1 is 1.21 bits per heavy atom. The van der Waals surface area contributed by atoms with Crippen LogP contribution < -0.4 is 0 Å². The number of hydrogen-bond donors (Lipinski definition) is 1. The lowest BCUT2D eigenvalue weighted by atomic mass is 10.1. The highest BCUT2D eigenvalue weighted by atomic mass is 32.2. The average molecular weight is 352 g/mol. The molecule has 2 aliphatic rings. The molecule has 1 heterocycles. The minimum atomic E-state index is -3.65. The zero-order valence-corrected chi connectivity index (χ0v) is 14.8. The summed E-state index contributed by atoms with van der Waals surface area (Å²) >= 11 is 0. The third-order valence-electron chi connectivity index (χ3n) is 4.86. The van der Waals surface area contributed by atoms with Crippen LogP contribution in [0.2, 0.25) is 0 Å². The van der Waals surface area contributed by atoms with Crippen molar-refractivity contribution in [1.82, 2.24) is 9.21 Å². The van der Waals surface area contributed by atoms with Gasteiger partial charge in [-0.1, -0.05) is 13.0 Å². The van der Waals surface area contributed by atoms with E-state index in [1.165, 1.54) is 29.3 Å². The Morgan fingerprint density at radius 2 is 1.88 bits per heavy atom. The summed E-state index contributed by atoms with van der Waals surface area (Å²) < 4.78 is 27.5. The van der Waals surface area contributed by atoms with E-state index in [1.807, 2.05) is 6.92 Å². The van der Waals surface area contributed by atoms with Gasteiger partial charge in [0, 0.05) is 32.7 Å². The lowest BCUT2D eigenvalue weighted by Crippen LogP contribution is -2.49. The fraction of sp³-hybridized carbons (Fsp3) is 0.588. The number of hydrogen-bond acceptors (Lipinski definition) is 4. The Balaban J connectivity index is 1.79. The molecule has 1 saturated heterocycles. The first-order valence-corrected chi connectivity index (χ1v) is 9.94. The quantitative estimate of drug-likeness (QED) is 0.842. The smallest absolute Gasteiger partial charge is 0.335 e. The molecule has 1 aliphatic heterocycles. The molecule has 0 radical (unpaired) electrons. The van der Waals surface area contributed by atoms with Crippen molar-refractivity contribution in [2.24, 2.45) is 5.92 Å². The Hall–Kier alpha value is -1.44. The average Bonchev–Trinajstić information content (AvgIpc) is 3.38. The summed E-state index contributed by atoms with van der Waals surface area (Å²) in [5.74, 6) is -0.310. The van der Waals surface area contributed by atoms with Crippen molar-refractivity contribution in [2.75, 3.05) is 32.7 Å². The third-order valence-corrected chi connectivity index (χ3v) is 6.84. The third kappa shape index (κ3) is 3.63. The van der Waals surface area contributed by atoms with E-state index in [9.17, 15) is 13.2 Å². The number of benzene rings is 1. The number of sulfonamides is 1. The van der Waals surface area contributed by atoms with Crippen LogP contribution in [-0.2, 0) is 16.4 Å². The molecule has 0 bridgehead atoms. The maximum Gasteiger partial charge on any atom is 0.335 e. The number of carbonyl (C=O) groups is 1. The molecule has 1 saturated carbocycles. The summed E-state index contributed by atoms with van der Waals surface area (Å²) in [6, 6.07) is 4.38. The van der Waals surface area contributed by atoms with E-state index in [2.05, 4.69) is 4.90 Å². The van der Waals surface area contributed by atoms with Crippen molar-refractivity contribution < 1.29 is 18.3 Å². The number of carboxylic acids is 1. The molecule has 0 unspecified atom stereocenters. The highest BCUT2D eigenvalue weighted by Gasteiger charge is 2.32. The monoisotopic (exact) mass is 352 g/mol. The lowest BCUT2D eigenvalue weighted by molar-refractivity contribution is 0.0696. The van der Waals surface area contributed by atoms with Crippen LogP contribution >= 0.6 is 0 Å². The zero-order valence-electron chi connectivity index (χ0n) is 13.9. The van der Waals surface area contributed by atoms with Crippen LogP contribution in [-0.4, -0.2) is 61.4 Å². The number of aromatic carboxylic acids is 1. The molecule has 0 amide bonds. The fourth-order valence-corrected chi connectivity index (χ4v) is 4.92. The SMILES string of the molecule is CCc1ccc(C(=O)O)cc1S(=O)(=O)N1CCN(CC2CC2)CC1. The molecule has 1 aliphatic carbocycles. The molecule has 3 rings (SSSR count). The highest BCUT2D eigenvalue weighted by molar-refractivity contribution is 7.89. The van der Waals surface area contributed by atoms with Gasteiger partial charge in [0.15, 0.2) is 0 Å². The van der Waals surface area contributed by atoms with Crippen molar-refractivity contribution in [3.05, 3.63) is 29.3 Å². The molecule has 132 valence electrons. The second-order valence-corrected chi connectivity index (χ2v) is 8.54. The molecule has 0 spiro atoms. The Morgan fingerprint density at radius 3 is 2.42 bits per heavy atom. The van der Waals surface area contributed by atoms with Gasteiger partial charge < -0.3 is 10.0 Å². The standard InChI is InChI=1S/C17H24N2O4S/c1-2-14-5-6-15(17(20)21)11-16(14)24(22,23)19-9-7-18(8-10-19)12-13-3-4-13/h5-6,11,13H,2-4,7-10,12H2,1H3,(H,20,21). The predicted octanol–water partition coefficient (Wildman–Crippen LogP) is 1.66. The van der Waals surface area contributed by atoms with Crippen LogP contribution in [0.4, 0.5) is 0 Å². The van der Waals surface area contributed by atoms with E-state index >= 15 is 0 Å². The van der Waals surface area contributed by atoms with Gasteiger partial charge >= 0.3 is 5.97 Å².